The van der Waals surface area contributed by atoms with E-state index in [9.17, 15) is 22.4 Å². The molecule has 24 heavy (non-hydrogen) atoms. The predicted molar refractivity (Wildman–Crippen MR) is 78.9 cm³/mol. The number of carbonyl (C=O) groups is 1. The Labute approximate surface area is 135 Å². The minimum Gasteiger partial charge on any atom is -0.338 e. The number of halogens is 4. The largest absolute Gasteiger partial charge is 0.434 e. The van der Waals surface area contributed by atoms with Crippen LogP contribution in [0, 0.1) is 5.82 Å². The van der Waals surface area contributed by atoms with Crippen molar-refractivity contribution in [3.63, 3.8) is 0 Å². The van der Waals surface area contributed by atoms with Crippen LogP contribution >= 0.6 is 0 Å². The van der Waals surface area contributed by atoms with Gasteiger partial charge in [0.1, 0.15) is 5.82 Å². The van der Waals surface area contributed by atoms with Gasteiger partial charge in [-0.3, -0.25) is 9.78 Å². The van der Waals surface area contributed by atoms with Gasteiger partial charge in [0, 0.05) is 25.2 Å². The molecule has 0 unspecified atom stereocenters. The zero-order valence-corrected chi connectivity index (χ0v) is 12.6. The van der Waals surface area contributed by atoms with Crippen LogP contribution in [0.25, 0.3) is 0 Å². The highest BCUT2D eigenvalue weighted by atomic mass is 19.4. The Balaban J connectivity index is 1.79. The van der Waals surface area contributed by atoms with E-state index in [-0.39, 0.29) is 11.7 Å². The van der Waals surface area contributed by atoms with Crippen LogP contribution in [-0.2, 0) is 6.18 Å². The maximum atomic E-state index is 13.0. The van der Waals surface area contributed by atoms with Crippen LogP contribution in [0.3, 0.4) is 0 Å². The van der Waals surface area contributed by atoms with Crippen LogP contribution in [0.5, 0.6) is 0 Å². The fourth-order valence-electron chi connectivity index (χ4n) is 2.93. The summed E-state index contributed by atoms with van der Waals surface area (Å²) in [5, 5.41) is 0. The average Bonchev–Trinajstić information content (AvgIpc) is 3.04. The standard InChI is InChI=1S/C17H14F4N2O/c18-13-5-3-11(4-6-13)12-7-9-23(10-12)16(24)14-2-1-8-22-15(14)17(19,20)21/h1-6,8,12H,7,9-10H2/t12-/m1/s1. The number of pyridine rings is 1. The molecule has 1 aliphatic rings. The summed E-state index contributed by atoms with van der Waals surface area (Å²) >= 11 is 0. The van der Waals surface area contributed by atoms with E-state index >= 15 is 0 Å². The van der Waals surface area contributed by atoms with E-state index in [0.29, 0.717) is 19.5 Å². The molecular weight excluding hydrogens is 324 g/mol. The lowest BCUT2D eigenvalue weighted by molar-refractivity contribution is -0.141. The summed E-state index contributed by atoms with van der Waals surface area (Å²) in [5.74, 6) is -1.05. The average molecular weight is 338 g/mol. The molecule has 2 heterocycles. The number of likely N-dealkylation sites (tertiary alicyclic amines) is 1. The number of aromatic nitrogens is 1. The topological polar surface area (TPSA) is 33.2 Å². The summed E-state index contributed by atoms with van der Waals surface area (Å²) in [6, 6.07) is 8.41. The molecule has 0 bridgehead atoms. The summed E-state index contributed by atoms with van der Waals surface area (Å²) in [6.07, 6.45) is -3.04. The Morgan fingerprint density at radius 2 is 1.88 bits per heavy atom. The number of nitrogens with zero attached hydrogens (tertiary/aromatic N) is 2. The van der Waals surface area contributed by atoms with Gasteiger partial charge in [-0.2, -0.15) is 13.2 Å². The van der Waals surface area contributed by atoms with Crippen molar-refractivity contribution >= 4 is 5.91 Å². The van der Waals surface area contributed by atoms with Gasteiger partial charge in [-0.1, -0.05) is 12.1 Å². The zero-order valence-electron chi connectivity index (χ0n) is 12.6. The van der Waals surface area contributed by atoms with Crippen molar-refractivity contribution in [3.05, 3.63) is 65.2 Å². The SMILES string of the molecule is O=C(c1cccnc1C(F)(F)F)N1CC[C@@H](c2ccc(F)cc2)C1. The first kappa shape index (κ1) is 16.4. The molecule has 0 aliphatic carbocycles. The van der Waals surface area contributed by atoms with E-state index in [2.05, 4.69) is 4.98 Å². The van der Waals surface area contributed by atoms with Gasteiger partial charge in [-0.05, 0) is 36.2 Å². The van der Waals surface area contributed by atoms with Gasteiger partial charge >= 0.3 is 6.18 Å². The lowest BCUT2D eigenvalue weighted by Crippen LogP contribution is -2.30. The zero-order chi connectivity index (χ0) is 17.3. The summed E-state index contributed by atoms with van der Waals surface area (Å²) < 4.78 is 52.0. The second-order valence-corrected chi connectivity index (χ2v) is 5.69. The molecule has 1 amide bonds. The van der Waals surface area contributed by atoms with Crippen molar-refractivity contribution < 1.29 is 22.4 Å². The van der Waals surface area contributed by atoms with Crippen LogP contribution in [0.2, 0.25) is 0 Å². The third-order valence-electron chi connectivity index (χ3n) is 4.12. The molecule has 0 radical (unpaired) electrons. The Morgan fingerprint density at radius 1 is 1.17 bits per heavy atom. The molecule has 3 rings (SSSR count). The number of rotatable bonds is 2. The molecule has 3 nitrogen and oxygen atoms in total. The Hall–Kier alpha value is -2.44. The lowest BCUT2D eigenvalue weighted by atomic mass is 9.98. The van der Waals surface area contributed by atoms with Gasteiger partial charge in [0.15, 0.2) is 5.69 Å². The highest BCUT2D eigenvalue weighted by molar-refractivity contribution is 5.95. The summed E-state index contributed by atoms with van der Waals surface area (Å²) in [7, 11) is 0. The summed E-state index contributed by atoms with van der Waals surface area (Å²) in [4.78, 5) is 17.2. The van der Waals surface area contributed by atoms with Crippen LogP contribution in [-0.4, -0.2) is 28.9 Å². The predicted octanol–water partition coefficient (Wildman–Crippen LogP) is 3.87. The first-order chi connectivity index (χ1) is 11.4. The monoisotopic (exact) mass is 338 g/mol. The van der Waals surface area contributed by atoms with Gasteiger partial charge in [0.05, 0.1) is 5.56 Å². The number of alkyl halides is 3. The van der Waals surface area contributed by atoms with Crippen molar-refractivity contribution in [2.24, 2.45) is 0 Å². The first-order valence-corrected chi connectivity index (χ1v) is 7.43. The minimum atomic E-state index is -4.68. The molecular formula is C17H14F4N2O. The molecule has 1 saturated heterocycles. The van der Waals surface area contributed by atoms with Crippen LogP contribution < -0.4 is 0 Å². The van der Waals surface area contributed by atoms with E-state index in [1.165, 1.54) is 23.1 Å². The molecule has 0 spiro atoms. The number of carbonyl (C=O) groups excluding carboxylic acids is 1. The summed E-state index contributed by atoms with van der Waals surface area (Å²) in [6.45, 7) is 0.656. The Morgan fingerprint density at radius 3 is 2.54 bits per heavy atom. The van der Waals surface area contributed by atoms with Gasteiger partial charge < -0.3 is 4.90 Å². The number of hydrogen-bond acceptors (Lipinski definition) is 2. The number of amides is 1. The first-order valence-electron chi connectivity index (χ1n) is 7.43. The van der Waals surface area contributed by atoms with Crippen molar-refractivity contribution in [2.45, 2.75) is 18.5 Å². The van der Waals surface area contributed by atoms with Gasteiger partial charge in [-0.15, -0.1) is 0 Å². The van der Waals surface area contributed by atoms with E-state index in [4.69, 9.17) is 0 Å². The Bertz CT molecular complexity index is 743. The van der Waals surface area contributed by atoms with E-state index in [0.717, 1.165) is 17.8 Å². The Kier molecular flexibility index (Phi) is 4.26. The third kappa shape index (κ3) is 3.25. The fraction of sp³-hybridized carbons (Fsp3) is 0.294. The van der Waals surface area contributed by atoms with E-state index in [1.807, 2.05) is 0 Å². The molecule has 0 N–H and O–H groups in total. The van der Waals surface area contributed by atoms with E-state index in [1.54, 1.807) is 12.1 Å². The van der Waals surface area contributed by atoms with Crippen LogP contribution in [0.1, 0.15) is 34.0 Å². The smallest absolute Gasteiger partial charge is 0.338 e. The quantitative estimate of drug-likeness (QED) is 0.779. The number of benzene rings is 1. The van der Waals surface area contributed by atoms with E-state index < -0.39 is 23.3 Å². The van der Waals surface area contributed by atoms with Crippen LogP contribution in [0.15, 0.2) is 42.6 Å². The fourth-order valence-corrected chi connectivity index (χ4v) is 2.93. The molecule has 2 aromatic rings. The molecule has 126 valence electrons. The molecule has 1 atom stereocenters. The van der Waals surface area contributed by atoms with Crippen LogP contribution in [0.4, 0.5) is 17.6 Å². The molecule has 1 aliphatic heterocycles. The molecule has 1 aromatic heterocycles. The summed E-state index contributed by atoms with van der Waals surface area (Å²) in [5.41, 5.74) is -0.737. The van der Waals surface area contributed by atoms with Crippen molar-refractivity contribution in [1.29, 1.82) is 0 Å². The van der Waals surface area contributed by atoms with Crippen molar-refractivity contribution in [2.75, 3.05) is 13.1 Å². The lowest BCUT2D eigenvalue weighted by Gasteiger charge is -2.19. The minimum absolute atomic E-state index is 0.0134. The molecule has 7 heteroatoms. The van der Waals surface area contributed by atoms with Crippen molar-refractivity contribution in [3.8, 4) is 0 Å². The molecule has 1 aromatic carbocycles. The van der Waals surface area contributed by atoms with Crippen molar-refractivity contribution in [1.82, 2.24) is 9.88 Å². The maximum absolute atomic E-state index is 13.0. The maximum Gasteiger partial charge on any atom is 0.434 e. The van der Waals surface area contributed by atoms with Gasteiger partial charge in [0.2, 0.25) is 0 Å². The second-order valence-electron chi connectivity index (χ2n) is 5.69. The third-order valence-corrected chi connectivity index (χ3v) is 4.12. The number of hydrogen-bond donors (Lipinski definition) is 0. The van der Waals surface area contributed by atoms with Gasteiger partial charge in [-0.25, -0.2) is 4.39 Å². The normalized spacial score (nSPS) is 18.0. The highest BCUT2D eigenvalue weighted by Crippen LogP contribution is 2.33. The second kappa shape index (κ2) is 6.22. The molecule has 0 saturated carbocycles. The molecule has 1 fully saturated rings. The highest BCUT2D eigenvalue weighted by Gasteiger charge is 2.39. The van der Waals surface area contributed by atoms with Gasteiger partial charge in [0.25, 0.3) is 5.91 Å².